The molecule has 1 heterocycles. The number of benzene rings is 3. The number of aromatic nitrogens is 1. The number of anilines is 1. The van der Waals surface area contributed by atoms with Crippen LogP contribution < -0.4 is 4.72 Å². The topological polar surface area (TPSA) is 96.4 Å². The van der Waals surface area contributed by atoms with Gasteiger partial charge in [-0.3, -0.25) is 4.72 Å². The van der Waals surface area contributed by atoms with Gasteiger partial charge in [0, 0.05) is 11.3 Å². The second-order valence-corrected chi connectivity index (χ2v) is 9.12. The van der Waals surface area contributed by atoms with E-state index in [1.807, 2.05) is 0 Å². The number of halogens is 1. The molecule has 0 bridgehead atoms. The van der Waals surface area contributed by atoms with E-state index in [-0.39, 0.29) is 15.6 Å². The molecule has 9 heteroatoms. The van der Waals surface area contributed by atoms with Gasteiger partial charge in [-0.25, -0.2) is 22.6 Å². The molecule has 29 heavy (non-hydrogen) atoms. The zero-order valence-corrected chi connectivity index (χ0v) is 16.3. The van der Waals surface area contributed by atoms with Gasteiger partial charge in [-0.2, -0.15) is 0 Å². The molecule has 4 aromatic rings. The SMILES string of the molecule is O=C(O)c1ccc2cc(NS(=O)(=O)c3cnc(-c4ccc(F)cc4)s3)ccc2c1. The first-order chi connectivity index (χ1) is 13.8. The average Bonchev–Trinajstić information content (AvgIpc) is 3.19. The largest absolute Gasteiger partial charge is 0.478 e. The molecular weight excluding hydrogens is 415 g/mol. The highest BCUT2D eigenvalue weighted by molar-refractivity contribution is 7.94. The maximum absolute atomic E-state index is 13.1. The Hall–Kier alpha value is -3.30. The number of carbonyl (C=O) groups is 1. The number of carboxylic acids is 1. The predicted octanol–water partition coefficient (Wildman–Crippen LogP) is 4.60. The monoisotopic (exact) mass is 428 g/mol. The highest BCUT2D eigenvalue weighted by atomic mass is 32.2. The van der Waals surface area contributed by atoms with E-state index >= 15 is 0 Å². The molecule has 0 saturated heterocycles. The van der Waals surface area contributed by atoms with Gasteiger partial charge in [0.15, 0.2) is 4.21 Å². The van der Waals surface area contributed by atoms with Gasteiger partial charge in [-0.1, -0.05) is 12.1 Å². The van der Waals surface area contributed by atoms with Crippen LogP contribution in [0, 0.1) is 5.82 Å². The highest BCUT2D eigenvalue weighted by Gasteiger charge is 2.19. The Morgan fingerprint density at radius 2 is 1.69 bits per heavy atom. The van der Waals surface area contributed by atoms with Crippen LogP contribution in [0.15, 0.2) is 71.1 Å². The van der Waals surface area contributed by atoms with Gasteiger partial charge in [-0.05, 0) is 59.3 Å². The molecule has 0 aliphatic carbocycles. The summed E-state index contributed by atoms with van der Waals surface area (Å²) in [5.74, 6) is -1.41. The van der Waals surface area contributed by atoms with Gasteiger partial charge in [-0.15, -0.1) is 11.3 Å². The van der Waals surface area contributed by atoms with Gasteiger partial charge < -0.3 is 5.11 Å². The number of hydrogen-bond donors (Lipinski definition) is 2. The van der Waals surface area contributed by atoms with Crippen LogP contribution in [0.3, 0.4) is 0 Å². The van der Waals surface area contributed by atoms with Gasteiger partial charge in [0.1, 0.15) is 10.8 Å². The summed E-state index contributed by atoms with van der Waals surface area (Å²) in [7, 11) is -3.86. The fourth-order valence-corrected chi connectivity index (χ4v) is 4.94. The van der Waals surface area contributed by atoms with Gasteiger partial charge in [0.05, 0.1) is 11.8 Å². The molecule has 0 radical (unpaired) electrons. The van der Waals surface area contributed by atoms with Crippen LogP contribution in [-0.2, 0) is 10.0 Å². The number of thiazole rings is 1. The molecule has 4 rings (SSSR count). The number of hydrogen-bond acceptors (Lipinski definition) is 5. The average molecular weight is 428 g/mol. The fourth-order valence-electron chi connectivity index (χ4n) is 2.76. The van der Waals surface area contributed by atoms with E-state index in [0.29, 0.717) is 27.0 Å². The van der Waals surface area contributed by atoms with Crippen molar-refractivity contribution in [3.63, 3.8) is 0 Å². The molecule has 6 nitrogen and oxygen atoms in total. The lowest BCUT2D eigenvalue weighted by atomic mass is 10.1. The summed E-state index contributed by atoms with van der Waals surface area (Å²) in [4.78, 5) is 15.2. The van der Waals surface area contributed by atoms with Crippen molar-refractivity contribution in [1.29, 1.82) is 0 Å². The highest BCUT2D eigenvalue weighted by Crippen LogP contribution is 2.30. The summed E-state index contributed by atoms with van der Waals surface area (Å²) in [6.07, 6.45) is 1.26. The third-order valence-electron chi connectivity index (χ3n) is 4.18. The van der Waals surface area contributed by atoms with Gasteiger partial charge >= 0.3 is 5.97 Å². The number of nitrogens with zero attached hydrogens (tertiary/aromatic N) is 1. The molecular formula is C20H13FN2O4S2. The second kappa shape index (κ2) is 7.26. The zero-order valence-electron chi connectivity index (χ0n) is 14.7. The molecule has 0 spiro atoms. The molecule has 0 saturated carbocycles. The third-order valence-corrected chi connectivity index (χ3v) is 7.07. The Balaban J connectivity index is 1.61. The number of fused-ring (bicyclic) bond motifs is 1. The van der Waals surface area contributed by atoms with Crippen molar-refractivity contribution < 1.29 is 22.7 Å². The summed E-state index contributed by atoms with van der Waals surface area (Å²) >= 11 is 0.978. The predicted molar refractivity (Wildman–Crippen MR) is 109 cm³/mol. The Kier molecular flexibility index (Phi) is 4.77. The van der Waals surface area contributed by atoms with E-state index in [4.69, 9.17) is 5.11 Å². The molecule has 0 aliphatic heterocycles. The van der Waals surface area contributed by atoms with Crippen molar-refractivity contribution >= 4 is 43.8 Å². The Morgan fingerprint density at radius 1 is 1.00 bits per heavy atom. The van der Waals surface area contributed by atoms with Crippen LogP contribution in [-0.4, -0.2) is 24.5 Å². The Bertz CT molecular complexity index is 1330. The van der Waals surface area contributed by atoms with Crippen molar-refractivity contribution in [2.75, 3.05) is 4.72 Å². The van der Waals surface area contributed by atoms with Gasteiger partial charge in [0.25, 0.3) is 10.0 Å². The van der Waals surface area contributed by atoms with E-state index in [2.05, 4.69) is 9.71 Å². The molecule has 0 amide bonds. The molecule has 3 aromatic carbocycles. The summed E-state index contributed by atoms with van der Waals surface area (Å²) in [5.41, 5.74) is 1.12. The van der Waals surface area contributed by atoms with Crippen molar-refractivity contribution in [3.8, 4) is 10.6 Å². The summed E-state index contributed by atoms with van der Waals surface area (Å²) in [6.45, 7) is 0. The molecule has 0 atom stereocenters. The standard InChI is InChI=1S/C20H13FN2O4S2/c21-16-6-3-12(4-7-16)19-22-11-18(28-19)29(26,27)23-17-8-5-13-9-15(20(24)25)2-1-14(13)10-17/h1-11,23H,(H,24,25). The maximum atomic E-state index is 13.1. The van der Waals surface area contributed by atoms with E-state index in [1.54, 1.807) is 24.3 Å². The van der Waals surface area contributed by atoms with Crippen molar-refractivity contribution in [2.45, 2.75) is 4.21 Å². The Labute approximate surface area is 169 Å². The summed E-state index contributed by atoms with van der Waals surface area (Å²) < 4.78 is 41.0. The van der Waals surface area contributed by atoms with Crippen LogP contribution in [0.1, 0.15) is 10.4 Å². The molecule has 1 aromatic heterocycles. The minimum atomic E-state index is -3.86. The first-order valence-electron chi connectivity index (χ1n) is 8.33. The minimum absolute atomic E-state index is 0.0261. The molecule has 0 unspecified atom stereocenters. The smallest absolute Gasteiger partial charge is 0.335 e. The number of rotatable bonds is 5. The zero-order chi connectivity index (χ0) is 20.6. The van der Waals surface area contributed by atoms with Crippen molar-refractivity contribution in [3.05, 3.63) is 78.2 Å². The Morgan fingerprint density at radius 3 is 2.41 bits per heavy atom. The second-order valence-electron chi connectivity index (χ2n) is 6.18. The normalized spacial score (nSPS) is 11.5. The number of nitrogens with one attached hydrogen (secondary N) is 1. The quantitative estimate of drug-likeness (QED) is 0.484. The van der Waals surface area contributed by atoms with Gasteiger partial charge in [0.2, 0.25) is 0 Å². The lowest BCUT2D eigenvalue weighted by Gasteiger charge is -2.07. The maximum Gasteiger partial charge on any atom is 0.335 e. The van der Waals surface area contributed by atoms with E-state index in [0.717, 1.165) is 11.3 Å². The third kappa shape index (κ3) is 3.96. The lowest BCUT2D eigenvalue weighted by molar-refractivity contribution is 0.0697. The van der Waals surface area contributed by atoms with E-state index in [9.17, 15) is 17.6 Å². The minimum Gasteiger partial charge on any atom is -0.478 e. The molecule has 2 N–H and O–H groups in total. The van der Waals surface area contributed by atoms with Crippen LogP contribution in [0.2, 0.25) is 0 Å². The molecule has 146 valence electrons. The molecule has 0 fully saturated rings. The van der Waals surface area contributed by atoms with Crippen LogP contribution in [0.5, 0.6) is 0 Å². The fraction of sp³-hybridized carbons (Fsp3) is 0. The lowest BCUT2D eigenvalue weighted by Crippen LogP contribution is -2.11. The van der Waals surface area contributed by atoms with Crippen LogP contribution in [0.25, 0.3) is 21.3 Å². The molecule has 0 aliphatic rings. The summed E-state index contributed by atoms with van der Waals surface area (Å²) in [5, 5.41) is 10.9. The van der Waals surface area contributed by atoms with Crippen LogP contribution in [0.4, 0.5) is 10.1 Å². The number of aromatic carboxylic acids is 1. The van der Waals surface area contributed by atoms with E-state index in [1.165, 1.54) is 42.6 Å². The first kappa shape index (κ1) is 19.0. The van der Waals surface area contributed by atoms with Crippen molar-refractivity contribution in [1.82, 2.24) is 4.98 Å². The number of sulfonamides is 1. The van der Waals surface area contributed by atoms with E-state index < -0.39 is 16.0 Å². The summed E-state index contributed by atoms with van der Waals surface area (Å²) in [6, 6.07) is 15.1. The number of carboxylic acid groups (broad SMARTS) is 1. The van der Waals surface area contributed by atoms with Crippen LogP contribution >= 0.6 is 11.3 Å². The van der Waals surface area contributed by atoms with Crippen molar-refractivity contribution in [2.24, 2.45) is 0 Å². The first-order valence-corrected chi connectivity index (χ1v) is 10.6.